The number of halogens is 3. The van der Waals surface area contributed by atoms with Crippen LogP contribution in [0.5, 0.6) is 11.5 Å². The standard InChI is InChI=1S/C32H27BrCl2N2O5S/c1-5-41-31(39)27-18(3)36-32-37(28(27)21-9-6-17(2)7-10-21)30(38)26(43-32)15-20-12-22(33)29(25(14-20)40-4)42-16-19-8-11-23(34)24(35)13-19/h6-15,28H,5,16H2,1-4H3/b26-15+/t28-/m1/s1. The van der Waals surface area contributed by atoms with Gasteiger partial charge in [0.2, 0.25) is 0 Å². The van der Waals surface area contributed by atoms with Crippen LogP contribution in [0.1, 0.15) is 42.1 Å². The zero-order valence-corrected chi connectivity index (χ0v) is 27.7. The van der Waals surface area contributed by atoms with Gasteiger partial charge < -0.3 is 14.2 Å². The van der Waals surface area contributed by atoms with Crippen LogP contribution in [-0.4, -0.2) is 24.3 Å². The fourth-order valence-corrected chi connectivity index (χ4v) is 6.70. The largest absolute Gasteiger partial charge is 0.493 e. The first-order valence-electron chi connectivity index (χ1n) is 13.3. The van der Waals surface area contributed by atoms with Crippen molar-refractivity contribution in [2.24, 2.45) is 4.99 Å². The Balaban J connectivity index is 1.56. The summed E-state index contributed by atoms with van der Waals surface area (Å²) in [5.41, 5.74) is 4.01. The highest BCUT2D eigenvalue weighted by Gasteiger charge is 2.33. The number of fused-ring (bicyclic) bond motifs is 1. The number of carbonyl (C=O) groups excluding carboxylic acids is 1. The summed E-state index contributed by atoms with van der Waals surface area (Å²) in [4.78, 5) is 32.2. The van der Waals surface area contributed by atoms with Crippen molar-refractivity contribution in [3.05, 3.63) is 122 Å². The second-order valence-electron chi connectivity index (χ2n) is 9.78. The minimum atomic E-state index is -0.670. The van der Waals surface area contributed by atoms with Gasteiger partial charge in [0.05, 0.1) is 50.1 Å². The van der Waals surface area contributed by atoms with Crippen LogP contribution >= 0.6 is 50.5 Å². The summed E-state index contributed by atoms with van der Waals surface area (Å²) in [6.07, 6.45) is 1.77. The second kappa shape index (κ2) is 13.1. The lowest BCUT2D eigenvalue weighted by molar-refractivity contribution is -0.139. The highest BCUT2D eigenvalue weighted by molar-refractivity contribution is 9.10. The molecule has 4 aromatic rings. The van der Waals surface area contributed by atoms with Gasteiger partial charge in [-0.1, -0.05) is 70.4 Å². The second-order valence-corrected chi connectivity index (χ2v) is 12.5. The van der Waals surface area contributed by atoms with E-state index < -0.39 is 12.0 Å². The highest BCUT2D eigenvalue weighted by Crippen LogP contribution is 2.38. The maximum absolute atomic E-state index is 13.9. The van der Waals surface area contributed by atoms with Crippen LogP contribution in [0.15, 0.2) is 80.1 Å². The molecule has 1 aliphatic rings. The van der Waals surface area contributed by atoms with E-state index in [4.69, 9.17) is 37.4 Å². The van der Waals surface area contributed by atoms with E-state index in [1.54, 1.807) is 49.8 Å². The van der Waals surface area contributed by atoms with Crippen molar-refractivity contribution >= 4 is 62.5 Å². The Bertz CT molecular complexity index is 1930. The first kappa shape index (κ1) is 31.1. The van der Waals surface area contributed by atoms with Gasteiger partial charge in [-0.05, 0) is 83.7 Å². The predicted octanol–water partition coefficient (Wildman–Crippen LogP) is 6.76. The van der Waals surface area contributed by atoms with Crippen molar-refractivity contribution in [3.8, 4) is 11.5 Å². The number of benzene rings is 3. The molecular formula is C32H27BrCl2N2O5S. The Kier molecular flexibility index (Phi) is 9.46. The quantitative estimate of drug-likeness (QED) is 0.190. The summed E-state index contributed by atoms with van der Waals surface area (Å²) in [6.45, 7) is 5.96. The number of allylic oxidation sites excluding steroid dienone is 1. The Morgan fingerprint density at radius 3 is 2.51 bits per heavy atom. The molecule has 7 nitrogen and oxygen atoms in total. The molecule has 0 saturated carbocycles. The van der Waals surface area contributed by atoms with E-state index in [-0.39, 0.29) is 18.8 Å². The molecule has 3 aromatic carbocycles. The van der Waals surface area contributed by atoms with Gasteiger partial charge in [0.25, 0.3) is 5.56 Å². The van der Waals surface area contributed by atoms with Gasteiger partial charge in [0.15, 0.2) is 16.3 Å². The number of rotatable bonds is 8. The zero-order chi connectivity index (χ0) is 30.8. The third kappa shape index (κ3) is 6.45. The fraction of sp³-hybridized carbons (Fsp3) is 0.219. The Labute approximate surface area is 270 Å². The normalized spacial score (nSPS) is 14.8. The van der Waals surface area contributed by atoms with E-state index in [0.29, 0.717) is 52.2 Å². The molecule has 222 valence electrons. The Morgan fingerprint density at radius 2 is 1.84 bits per heavy atom. The predicted molar refractivity (Wildman–Crippen MR) is 173 cm³/mol. The maximum Gasteiger partial charge on any atom is 0.338 e. The van der Waals surface area contributed by atoms with E-state index in [1.807, 2.05) is 43.3 Å². The third-order valence-corrected chi connectivity index (χ3v) is 9.14. The SMILES string of the molecule is CCOC(=O)C1=C(C)N=c2s/c(=C/c3cc(Br)c(OCc4ccc(Cl)c(Cl)c4)c(OC)c3)c(=O)n2[C@@H]1c1ccc(C)cc1. The van der Waals surface area contributed by atoms with Gasteiger partial charge in [-0.3, -0.25) is 9.36 Å². The van der Waals surface area contributed by atoms with Crippen LogP contribution in [0.4, 0.5) is 0 Å². The molecule has 0 amide bonds. The van der Waals surface area contributed by atoms with Crippen LogP contribution in [0.25, 0.3) is 6.08 Å². The lowest BCUT2D eigenvalue weighted by Gasteiger charge is -2.24. The Hall–Kier alpha value is -3.37. The number of aromatic nitrogens is 1. The summed E-state index contributed by atoms with van der Waals surface area (Å²) < 4.78 is 19.7. The van der Waals surface area contributed by atoms with Gasteiger partial charge >= 0.3 is 5.97 Å². The molecular weight excluding hydrogens is 675 g/mol. The van der Waals surface area contributed by atoms with Crippen molar-refractivity contribution in [1.29, 1.82) is 0 Å². The number of thiazole rings is 1. The van der Waals surface area contributed by atoms with E-state index in [2.05, 4.69) is 20.9 Å². The molecule has 1 aliphatic heterocycles. The summed E-state index contributed by atoms with van der Waals surface area (Å²) in [7, 11) is 1.55. The van der Waals surface area contributed by atoms with Gasteiger partial charge in [-0.15, -0.1) is 0 Å². The van der Waals surface area contributed by atoms with Crippen molar-refractivity contribution in [2.75, 3.05) is 13.7 Å². The minimum Gasteiger partial charge on any atom is -0.493 e. The number of methoxy groups -OCH3 is 1. The summed E-state index contributed by atoms with van der Waals surface area (Å²) in [6, 6.07) is 16.0. The van der Waals surface area contributed by atoms with Crippen molar-refractivity contribution in [1.82, 2.24) is 4.57 Å². The molecule has 1 atom stereocenters. The monoisotopic (exact) mass is 700 g/mol. The van der Waals surface area contributed by atoms with Gasteiger partial charge in [-0.2, -0.15) is 0 Å². The summed E-state index contributed by atoms with van der Waals surface area (Å²) >= 11 is 17.0. The molecule has 0 unspecified atom stereocenters. The number of aryl methyl sites for hydroxylation is 1. The maximum atomic E-state index is 13.9. The Morgan fingerprint density at radius 1 is 1.09 bits per heavy atom. The van der Waals surface area contributed by atoms with Crippen LogP contribution in [-0.2, 0) is 16.1 Å². The average Bonchev–Trinajstić information content (AvgIpc) is 3.27. The van der Waals surface area contributed by atoms with Crippen LogP contribution in [0.3, 0.4) is 0 Å². The molecule has 43 heavy (non-hydrogen) atoms. The number of carbonyl (C=O) groups is 1. The van der Waals surface area contributed by atoms with Crippen LogP contribution < -0.4 is 24.4 Å². The lowest BCUT2D eigenvalue weighted by atomic mass is 9.95. The van der Waals surface area contributed by atoms with E-state index in [0.717, 1.165) is 16.7 Å². The number of hydrogen-bond acceptors (Lipinski definition) is 7. The number of esters is 1. The summed E-state index contributed by atoms with van der Waals surface area (Å²) in [5, 5.41) is 0.913. The minimum absolute atomic E-state index is 0.213. The van der Waals surface area contributed by atoms with Crippen molar-refractivity contribution in [2.45, 2.75) is 33.4 Å². The topological polar surface area (TPSA) is 79.1 Å². The van der Waals surface area contributed by atoms with E-state index in [1.165, 1.54) is 11.3 Å². The molecule has 0 spiro atoms. The van der Waals surface area contributed by atoms with Crippen LogP contribution in [0, 0.1) is 6.92 Å². The molecule has 0 saturated heterocycles. The highest BCUT2D eigenvalue weighted by atomic mass is 79.9. The zero-order valence-electron chi connectivity index (χ0n) is 23.7. The average molecular weight is 702 g/mol. The van der Waals surface area contributed by atoms with E-state index >= 15 is 0 Å². The smallest absolute Gasteiger partial charge is 0.338 e. The molecule has 2 heterocycles. The number of nitrogens with zero attached hydrogens (tertiary/aromatic N) is 2. The van der Waals surface area contributed by atoms with E-state index in [9.17, 15) is 9.59 Å². The molecule has 0 aliphatic carbocycles. The van der Waals surface area contributed by atoms with Gasteiger partial charge in [0.1, 0.15) is 6.61 Å². The molecule has 0 radical (unpaired) electrons. The third-order valence-electron chi connectivity index (χ3n) is 6.83. The van der Waals surface area contributed by atoms with Gasteiger partial charge in [-0.25, -0.2) is 9.79 Å². The lowest BCUT2D eigenvalue weighted by Crippen LogP contribution is -2.39. The summed E-state index contributed by atoms with van der Waals surface area (Å²) in [5.74, 6) is 0.487. The molecule has 11 heteroatoms. The first-order chi connectivity index (χ1) is 20.6. The first-order valence-corrected chi connectivity index (χ1v) is 15.7. The fourth-order valence-electron chi connectivity index (χ4n) is 4.76. The molecule has 0 fully saturated rings. The molecule has 1 aromatic heterocycles. The molecule has 5 rings (SSSR count). The van der Waals surface area contributed by atoms with Gasteiger partial charge in [0, 0.05) is 0 Å². The van der Waals surface area contributed by atoms with Crippen LogP contribution in [0.2, 0.25) is 10.0 Å². The van der Waals surface area contributed by atoms with Crippen molar-refractivity contribution < 1.29 is 19.0 Å². The molecule has 0 N–H and O–H groups in total. The number of hydrogen-bond donors (Lipinski definition) is 0. The van der Waals surface area contributed by atoms with Crippen molar-refractivity contribution in [3.63, 3.8) is 0 Å². The number of ether oxygens (including phenoxy) is 3. The molecule has 0 bridgehead atoms.